The zero-order valence-corrected chi connectivity index (χ0v) is 12.2. The first kappa shape index (κ1) is 15.9. The van der Waals surface area contributed by atoms with Crippen molar-refractivity contribution in [2.24, 2.45) is 0 Å². The number of halogens is 2. The number of carbonyl (C=O) groups excluding carboxylic acids is 1. The van der Waals surface area contributed by atoms with Crippen molar-refractivity contribution in [2.45, 2.75) is 51.2 Å². The van der Waals surface area contributed by atoms with E-state index in [4.69, 9.17) is 0 Å². The second-order valence-corrected chi connectivity index (χ2v) is 5.69. The van der Waals surface area contributed by atoms with Gasteiger partial charge in [0.05, 0.1) is 11.7 Å². The lowest BCUT2D eigenvalue weighted by Gasteiger charge is -2.31. The Labute approximate surface area is 123 Å². The monoisotopic (exact) mass is 297 g/mol. The molecule has 1 amide bonds. The highest BCUT2D eigenvalue weighted by Crippen LogP contribution is 2.24. The molecule has 116 valence electrons. The number of aliphatic hydroxyl groups excluding tert-OH is 1. The van der Waals surface area contributed by atoms with Gasteiger partial charge in [0.1, 0.15) is 0 Å². The Morgan fingerprint density at radius 2 is 2.14 bits per heavy atom. The number of hydrogen-bond donors (Lipinski definition) is 1. The molecule has 21 heavy (non-hydrogen) atoms. The first-order valence-corrected chi connectivity index (χ1v) is 7.43. The van der Waals surface area contributed by atoms with Crippen LogP contribution in [-0.4, -0.2) is 34.6 Å². The summed E-state index contributed by atoms with van der Waals surface area (Å²) in [6, 6.07) is 3.53. The van der Waals surface area contributed by atoms with Crippen LogP contribution in [0.15, 0.2) is 18.2 Å². The van der Waals surface area contributed by atoms with Crippen molar-refractivity contribution in [2.75, 3.05) is 6.54 Å². The van der Waals surface area contributed by atoms with Crippen LogP contribution in [0.4, 0.5) is 8.78 Å². The molecule has 0 aliphatic carbocycles. The van der Waals surface area contributed by atoms with Crippen molar-refractivity contribution >= 4 is 5.91 Å². The van der Waals surface area contributed by atoms with Crippen LogP contribution in [0.5, 0.6) is 0 Å². The fourth-order valence-electron chi connectivity index (χ4n) is 2.91. The number of carbonyl (C=O) groups is 1. The summed E-state index contributed by atoms with van der Waals surface area (Å²) in [6.45, 7) is 2.20. The predicted molar refractivity (Wildman–Crippen MR) is 75.9 cm³/mol. The van der Waals surface area contributed by atoms with E-state index in [2.05, 4.69) is 0 Å². The highest BCUT2D eigenvalue weighted by molar-refractivity contribution is 5.94. The Hall–Kier alpha value is -1.49. The van der Waals surface area contributed by atoms with Gasteiger partial charge in [-0.05, 0) is 38.3 Å². The molecule has 2 rings (SSSR count). The predicted octanol–water partition coefficient (Wildman–Crippen LogP) is 3.12. The molecule has 0 radical (unpaired) electrons. The van der Waals surface area contributed by atoms with Gasteiger partial charge in [0.2, 0.25) is 0 Å². The zero-order chi connectivity index (χ0) is 15.4. The molecule has 1 aliphatic heterocycles. The molecule has 0 spiro atoms. The standard InChI is InChI=1S/C16H21F2NO2/c1-11(20)10-12-6-3-2-4-9-19(12)16(21)13-7-5-8-14(17)15(13)18/h5,7-8,11-12,20H,2-4,6,9-10H2,1H3. The van der Waals surface area contributed by atoms with E-state index in [-0.39, 0.29) is 11.6 Å². The van der Waals surface area contributed by atoms with Gasteiger partial charge in [-0.3, -0.25) is 4.79 Å². The molecule has 1 aromatic carbocycles. The Balaban J connectivity index is 2.26. The number of rotatable bonds is 3. The topological polar surface area (TPSA) is 40.5 Å². The van der Waals surface area contributed by atoms with E-state index < -0.39 is 23.6 Å². The number of nitrogens with zero attached hydrogens (tertiary/aromatic N) is 1. The minimum atomic E-state index is -1.09. The van der Waals surface area contributed by atoms with Gasteiger partial charge in [-0.1, -0.05) is 18.9 Å². The molecule has 2 unspecified atom stereocenters. The molecule has 1 saturated heterocycles. The van der Waals surface area contributed by atoms with Crippen molar-refractivity contribution < 1.29 is 18.7 Å². The largest absolute Gasteiger partial charge is 0.393 e. The third-order valence-corrected chi connectivity index (χ3v) is 3.93. The first-order chi connectivity index (χ1) is 10.0. The molecule has 0 aromatic heterocycles. The summed E-state index contributed by atoms with van der Waals surface area (Å²) in [6.07, 6.45) is 3.55. The molecule has 3 nitrogen and oxygen atoms in total. The van der Waals surface area contributed by atoms with Gasteiger partial charge in [-0.25, -0.2) is 8.78 Å². The lowest BCUT2D eigenvalue weighted by atomic mass is 10.0. The lowest BCUT2D eigenvalue weighted by Crippen LogP contribution is -2.42. The normalized spacial score (nSPS) is 21.0. The molecule has 1 fully saturated rings. The van der Waals surface area contributed by atoms with Crippen LogP contribution in [-0.2, 0) is 0 Å². The second kappa shape index (κ2) is 6.98. The summed E-state index contributed by atoms with van der Waals surface area (Å²) in [5.74, 6) is -2.59. The van der Waals surface area contributed by atoms with Crippen LogP contribution < -0.4 is 0 Å². The summed E-state index contributed by atoms with van der Waals surface area (Å²) < 4.78 is 27.1. The van der Waals surface area contributed by atoms with Crippen molar-refractivity contribution in [3.05, 3.63) is 35.4 Å². The molecule has 5 heteroatoms. The summed E-state index contributed by atoms with van der Waals surface area (Å²) in [5, 5.41) is 9.59. The number of amides is 1. The van der Waals surface area contributed by atoms with Crippen LogP contribution in [0, 0.1) is 11.6 Å². The van der Waals surface area contributed by atoms with Crippen LogP contribution in [0.2, 0.25) is 0 Å². The summed E-state index contributed by atoms with van der Waals surface area (Å²) >= 11 is 0. The van der Waals surface area contributed by atoms with Crippen molar-refractivity contribution in [3.63, 3.8) is 0 Å². The Bertz CT molecular complexity index is 505. The Kier molecular flexibility index (Phi) is 5.28. The maximum atomic E-state index is 13.8. The fourth-order valence-corrected chi connectivity index (χ4v) is 2.91. The van der Waals surface area contributed by atoms with Crippen LogP contribution in [0.1, 0.15) is 49.4 Å². The number of likely N-dealkylation sites (tertiary alicyclic amines) is 1. The fraction of sp³-hybridized carbons (Fsp3) is 0.562. The van der Waals surface area contributed by atoms with Gasteiger partial charge in [0, 0.05) is 12.6 Å². The summed E-state index contributed by atoms with van der Waals surface area (Å²) in [5.41, 5.74) is -0.229. The molecule has 1 aromatic rings. The van der Waals surface area contributed by atoms with E-state index in [1.54, 1.807) is 11.8 Å². The van der Waals surface area contributed by atoms with Gasteiger partial charge in [-0.15, -0.1) is 0 Å². The average molecular weight is 297 g/mol. The minimum absolute atomic E-state index is 0.123. The van der Waals surface area contributed by atoms with E-state index in [0.717, 1.165) is 31.7 Å². The van der Waals surface area contributed by atoms with E-state index in [1.807, 2.05) is 0 Å². The third kappa shape index (κ3) is 3.79. The minimum Gasteiger partial charge on any atom is -0.393 e. The quantitative estimate of drug-likeness (QED) is 0.931. The van der Waals surface area contributed by atoms with Crippen molar-refractivity contribution in [1.82, 2.24) is 4.90 Å². The zero-order valence-electron chi connectivity index (χ0n) is 12.2. The summed E-state index contributed by atoms with van der Waals surface area (Å²) in [7, 11) is 0. The van der Waals surface area contributed by atoms with E-state index in [0.29, 0.717) is 13.0 Å². The highest BCUT2D eigenvalue weighted by Gasteiger charge is 2.29. The molecule has 0 saturated carbocycles. The van der Waals surface area contributed by atoms with Crippen LogP contribution in [0.25, 0.3) is 0 Å². The van der Waals surface area contributed by atoms with Gasteiger partial charge in [0.15, 0.2) is 11.6 Å². The number of hydrogen-bond acceptors (Lipinski definition) is 2. The summed E-state index contributed by atoms with van der Waals surface area (Å²) in [4.78, 5) is 14.1. The lowest BCUT2D eigenvalue weighted by molar-refractivity contribution is 0.0601. The Morgan fingerprint density at radius 1 is 1.38 bits per heavy atom. The smallest absolute Gasteiger partial charge is 0.257 e. The van der Waals surface area contributed by atoms with Crippen molar-refractivity contribution in [1.29, 1.82) is 0 Å². The van der Waals surface area contributed by atoms with Crippen LogP contribution >= 0.6 is 0 Å². The molecule has 1 heterocycles. The SMILES string of the molecule is CC(O)CC1CCCCCN1C(=O)c1cccc(F)c1F. The van der Waals surface area contributed by atoms with Crippen LogP contribution in [0.3, 0.4) is 0 Å². The first-order valence-electron chi connectivity index (χ1n) is 7.43. The highest BCUT2D eigenvalue weighted by atomic mass is 19.2. The average Bonchev–Trinajstić information content (AvgIpc) is 2.66. The molecular formula is C16H21F2NO2. The van der Waals surface area contributed by atoms with Gasteiger partial charge in [0.25, 0.3) is 5.91 Å². The van der Waals surface area contributed by atoms with E-state index in [9.17, 15) is 18.7 Å². The molecule has 2 atom stereocenters. The molecule has 1 N–H and O–H groups in total. The molecule has 1 aliphatic rings. The van der Waals surface area contributed by atoms with Crippen molar-refractivity contribution in [3.8, 4) is 0 Å². The van der Waals surface area contributed by atoms with Gasteiger partial charge in [-0.2, -0.15) is 0 Å². The number of benzene rings is 1. The van der Waals surface area contributed by atoms with Gasteiger partial charge < -0.3 is 10.0 Å². The maximum Gasteiger partial charge on any atom is 0.257 e. The second-order valence-electron chi connectivity index (χ2n) is 5.69. The Morgan fingerprint density at radius 3 is 2.86 bits per heavy atom. The maximum absolute atomic E-state index is 13.8. The molecule has 0 bridgehead atoms. The van der Waals surface area contributed by atoms with E-state index >= 15 is 0 Å². The third-order valence-electron chi connectivity index (χ3n) is 3.93. The van der Waals surface area contributed by atoms with Gasteiger partial charge >= 0.3 is 0 Å². The van der Waals surface area contributed by atoms with E-state index in [1.165, 1.54) is 12.1 Å². The molecular weight excluding hydrogens is 276 g/mol. The number of aliphatic hydroxyl groups is 1.